The number of hydrogen-bond acceptors (Lipinski definition) is 6. The second-order valence-electron chi connectivity index (χ2n) is 13.9. The largest absolute Gasteiger partial charge is 0.222 e. The van der Waals surface area contributed by atoms with Gasteiger partial charge in [0.1, 0.15) is 10.0 Å². The smallest absolute Gasteiger partial charge is 0.155 e. The van der Waals surface area contributed by atoms with E-state index in [0.717, 1.165) is 32.5 Å². The number of rotatable bonds is 28. The van der Waals surface area contributed by atoms with Crippen molar-refractivity contribution in [2.75, 3.05) is 0 Å². The lowest BCUT2D eigenvalue weighted by molar-refractivity contribution is 0.544. The lowest BCUT2D eigenvalue weighted by Gasteiger charge is -2.05. The highest BCUT2D eigenvalue weighted by atomic mass is 79.9. The Balaban J connectivity index is 1.24. The molecule has 0 saturated heterocycles. The maximum Gasteiger partial charge on any atom is 0.155 e. The summed E-state index contributed by atoms with van der Waals surface area (Å²) in [4.78, 5) is 15.1. The molecule has 0 unspecified atom stereocenters. The van der Waals surface area contributed by atoms with E-state index in [9.17, 15) is 0 Å². The third-order valence-electron chi connectivity index (χ3n) is 9.73. The molecule has 0 radical (unpaired) electrons. The van der Waals surface area contributed by atoms with E-state index < -0.39 is 0 Å². The molecule has 50 heavy (non-hydrogen) atoms. The Morgan fingerprint density at radius 2 is 0.660 bits per heavy atom. The molecule has 2 nitrogen and oxygen atoms in total. The predicted octanol–water partition coefficient (Wildman–Crippen LogP) is 18.7. The summed E-state index contributed by atoms with van der Waals surface area (Å²) in [6.45, 7) is 4.59. The van der Waals surface area contributed by atoms with Gasteiger partial charge in [-0.1, -0.05) is 178 Å². The average Bonchev–Trinajstić information content (AvgIpc) is 3.84. The van der Waals surface area contributed by atoms with E-state index >= 15 is 0 Å². The zero-order chi connectivity index (χ0) is 35.6. The van der Waals surface area contributed by atoms with Gasteiger partial charge < -0.3 is 0 Å². The highest BCUT2D eigenvalue weighted by Gasteiger charge is 2.23. The van der Waals surface area contributed by atoms with Gasteiger partial charge in [0.25, 0.3) is 0 Å². The van der Waals surface area contributed by atoms with Crippen LogP contribution in [-0.2, 0) is 12.8 Å². The molecular weight excluding hydrogens is 956 g/mol. The number of fused-ring (bicyclic) bond motifs is 1. The van der Waals surface area contributed by atoms with Gasteiger partial charge in [0.2, 0.25) is 0 Å². The highest BCUT2D eigenvalue weighted by Crippen LogP contribution is 2.49. The third kappa shape index (κ3) is 14.2. The van der Waals surface area contributed by atoms with Crippen LogP contribution in [0.25, 0.3) is 29.4 Å². The average molecular weight is 1010 g/mol. The summed E-state index contributed by atoms with van der Waals surface area (Å²) < 4.78 is 4.76. The minimum absolute atomic E-state index is 1.06. The Labute approximate surface area is 353 Å². The van der Waals surface area contributed by atoms with Crippen LogP contribution in [0.5, 0.6) is 0 Å². The van der Waals surface area contributed by atoms with Crippen LogP contribution in [0.2, 0.25) is 0 Å². The zero-order valence-corrected chi connectivity index (χ0v) is 40.0. The van der Waals surface area contributed by atoms with E-state index in [-0.39, 0.29) is 0 Å². The van der Waals surface area contributed by atoms with Gasteiger partial charge in [-0.3, -0.25) is 0 Å². The molecule has 4 rings (SSSR count). The van der Waals surface area contributed by atoms with Gasteiger partial charge in [0.15, 0.2) is 9.66 Å². The van der Waals surface area contributed by atoms with Crippen LogP contribution in [0.1, 0.15) is 179 Å². The predicted molar refractivity (Wildman–Crippen MR) is 242 cm³/mol. The van der Waals surface area contributed by atoms with Crippen molar-refractivity contribution < 1.29 is 0 Å². The van der Waals surface area contributed by atoms with Crippen LogP contribution >= 0.6 is 109 Å². The fourth-order valence-corrected chi connectivity index (χ4v) is 13.9. The number of hydrogen-bond donors (Lipinski definition) is 0. The third-order valence-corrected chi connectivity index (χ3v) is 19.2. The molecule has 0 fully saturated rings. The molecule has 0 saturated carbocycles. The number of thiophene rings is 2. The summed E-state index contributed by atoms with van der Waals surface area (Å²) in [7, 11) is 0. The molecule has 0 aromatic carbocycles. The molecule has 4 aromatic rings. The molecule has 0 spiro atoms. The minimum atomic E-state index is 1.06. The fourth-order valence-electron chi connectivity index (χ4n) is 6.74. The SMILES string of the molecule is CCCCCCCCCCCCCCc1c(-c2nc3sc(-c4sc(Br)c(Br)c4CCCCCCCCCCCCCC)nc3s2)sc(Br)c1Br. The monoisotopic (exact) mass is 1010 g/mol. The highest BCUT2D eigenvalue weighted by molar-refractivity contribution is 9.14. The molecule has 0 aliphatic rings. The second-order valence-corrected chi connectivity index (χ2v) is 22.1. The number of nitrogens with zero attached hydrogens (tertiary/aromatic N) is 2. The Bertz CT molecular complexity index is 1380. The number of aromatic nitrogens is 2. The summed E-state index contributed by atoms with van der Waals surface area (Å²) in [5.74, 6) is 0. The summed E-state index contributed by atoms with van der Waals surface area (Å²) >= 11 is 22.6. The first-order valence-corrected chi connectivity index (χ1v) is 26.1. The van der Waals surface area contributed by atoms with Crippen LogP contribution in [0.3, 0.4) is 0 Å². The summed E-state index contributed by atoms with van der Waals surface area (Å²) in [6, 6.07) is 0. The molecular formula is C40H58Br4N2S4. The number of unbranched alkanes of at least 4 members (excludes halogenated alkanes) is 22. The van der Waals surface area contributed by atoms with E-state index in [0.29, 0.717) is 0 Å². The van der Waals surface area contributed by atoms with E-state index in [4.69, 9.17) is 9.97 Å². The molecule has 0 atom stereocenters. The van der Waals surface area contributed by atoms with Crippen molar-refractivity contribution in [3.05, 3.63) is 27.6 Å². The molecule has 0 bridgehead atoms. The number of thiazole rings is 2. The molecule has 0 amide bonds. The van der Waals surface area contributed by atoms with Crippen LogP contribution < -0.4 is 0 Å². The summed E-state index contributed by atoms with van der Waals surface area (Å²) in [5.41, 5.74) is 2.82. The van der Waals surface area contributed by atoms with Crippen molar-refractivity contribution in [3.8, 4) is 19.8 Å². The van der Waals surface area contributed by atoms with Crippen molar-refractivity contribution in [1.82, 2.24) is 9.97 Å². The Kier molecular flexibility index (Phi) is 21.9. The maximum absolute atomic E-state index is 5.17. The molecule has 0 aliphatic carbocycles. The first-order chi connectivity index (χ1) is 24.4. The molecule has 0 N–H and O–H groups in total. The van der Waals surface area contributed by atoms with Crippen molar-refractivity contribution in [1.29, 1.82) is 0 Å². The van der Waals surface area contributed by atoms with E-state index in [1.165, 1.54) is 191 Å². The van der Waals surface area contributed by atoms with E-state index in [2.05, 4.69) is 77.6 Å². The first kappa shape index (κ1) is 43.6. The van der Waals surface area contributed by atoms with Crippen molar-refractivity contribution in [2.24, 2.45) is 0 Å². The molecule has 0 aliphatic heterocycles. The fraction of sp³-hybridized carbons (Fsp3) is 0.700. The van der Waals surface area contributed by atoms with Gasteiger partial charge in [-0.25, -0.2) is 9.97 Å². The zero-order valence-electron chi connectivity index (χ0n) is 30.4. The topological polar surface area (TPSA) is 25.8 Å². The minimum Gasteiger partial charge on any atom is -0.222 e. The summed E-state index contributed by atoms with van der Waals surface area (Å²) in [6.07, 6.45) is 35.3. The van der Waals surface area contributed by atoms with Gasteiger partial charge in [0.05, 0.1) is 17.3 Å². The van der Waals surface area contributed by atoms with Crippen LogP contribution in [-0.4, -0.2) is 9.97 Å². The molecule has 4 heterocycles. The Morgan fingerprint density at radius 3 is 0.960 bits per heavy atom. The Hall–Kier alpha value is 0.840. The summed E-state index contributed by atoms with van der Waals surface area (Å²) in [5, 5.41) is 2.22. The lowest BCUT2D eigenvalue weighted by atomic mass is 10.0. The van der Waals surface area contributed by atoms with Gasteiger partial charge >= 0.3 is 0 Å². The Morgan fingerprint density at radius 1 is 0.380 bits per heavy atom. The maximum atomic E-state index is 5.17. The molecule has 4 aromatic heterocycles. The van der Waals surface area contributed by atoms with Gasteiger partial charge in [-0.05, 0) is 101 Å². The first-order valence-electron chi connectivity index (χ1n) is 19.7. The molecule has 280 valence electrons. The van der Waals surface area contributed by atoms with E-state index in [1.807, 2.05) is 22.7 Å². The van der Waals surface area contributed by atoms with Crippen LogP contribution in [0, 0.1) is 0 Å². The number of halogens is 4. The lowest BCUT2D eigenvalue weighted by Crippen LogP contribution is -1.89. The van der Waals surface area contributed by atoms with Gasteiger partial charge in [0, 0.05) is 8.95 Å². The van der Waals surface area contributed by atoms with Gasteiger partial charge in [-0.2, -0.15) is 0 Å². The van der Waals surface area contributed by atoms with Gasteiger partial charge in [-0.15, -0.1) is 22.7 Å². The van der Waals surface area contributed by atoms with Crippen molar-refractivity contribution in [2.45, 2.75) is 181 Å². The normalized spacial score (nSPS) is 11.9. The van der Waals surface area contributed by atoms with Crippen LogP contribution in [0.15, 0.2) is 16.5 Å². The standard InChI is InChI=1S/C40H58Br4N2S4/c1-3-5-7-9-11-13-15-17-19-21-23-25-27-29-31(41)35(43)47-33(29)37-45-39-40(49-37)46-38(50-39)34-30(32(42)36(44)48-34)28-26-24-22-20-18-16-14-12-10-8-6-4-2/h3-28H2,1-2H3. The van der Waals surface area contributed by atoms with Crippen molar-refractivity contribution >= 4 is 119 Å². The second kappa shape index (κ2) is 25.1. The quantitative estimate of drug-likeness (QED) is 0.0530. The molecule has 10 heteroatoms. The van der Waals surface area contributed by atoms with Crippen molar-refractivity contribution in [3.63, 3.8) is 0 Å². The van der Waals surface area contributed by atoms with E-state index in [1.54, 1.807) is 22.7 Å². The van der Waals surface area contributed by atoms with Crippen LogP contribution in [0.4, 0.5) is 0 Å².